The van der Waals surface area contributed by atoms with E-state index < -0.39 is 0 Å². The largest absolute Gasteiger partial charge is 0.443 e. The Morgan fingerprint density at radius 2 is 1.88 bits per heavy atom. The number of guanidine groups is 1. The lowest BCUT2D eigenvalue weighted by molar-refractivity contribution is 0.254. The third kappa shape index (κ3) is 7.61. The second-order valence-corrected chi connectivity index (χ2v) is 8.85. The maximum atomic E-state index is 14.0. The molecule has 1 fully saturated rings. The van der Waals surface area contributed by atoms with Crippen LogP contribution in [0.3, 0.4) is 0 Å². The van der Waals surface area contributed by atoms with E-state index in [1.54, 1.807) is 19.3 Å². The molecule has 0 bridgehead atoms. The van der Waals surface area contributed by atoms with Gasteiger partial charge >= 0.3 is 0 Å². The fraction of sp³-hybridized carbons (Fsp3) is 0.565. The van der Waals surface area contributed by atoms with E-state index in [1.807, 2.05) is 12.1 Å². The van der Waals surface area contributed by atoms with Crippen LogP contribution in [0.1, 0.15) is 38.8 Å². The first-order chi connectivity index (χ1) is 14.9. The number of hydrogen-bond donors (Lipinski definition) is 2. The summed E-state index contributed by atoms with van der Waals surface area (Å²) in [6.07, 6.45) is 2.80. The van der Waals surface area contributed by atoms with Gasteiger partial charge < -0.3 is 20.0 Å². The Morgan fingerprint density at radius 3 is 2.50 bits per heavy atom. The Morgan fingerprint density at radius 1 is 1.16 bits per heavy atom. The molecule has 0 unspecified atom stereocenters. The van der Waals surface area contributed by atoms with Crippen LogP contribution in [0.5, 0.6) is 0 Å². The summed E-state index contributed by atoms with van der Waals surface area (Å²) in [6.45, 7) is 12.2. The number of rotatable bonds is 7. The first kappa shape index (κ1) is 26.4. The highest BCUT2D eigenvalue weighted by Crippen LogP contribution is 2.22. The van der Waals surface area contributed by atoms with Crippen molar-refractivity contribution in [2.45, 2.75) is 39.2 Å². The van der Waals surface area contributed by atoms with E-state index >= 15 is 0 Å². The highest BCUT2D eigenvalue weighted by molar-refractivity contribution is 14.0. The third-order valence-electron chi connectivity index (χ3n) is 5.43. The number of aliphatic imine (C=N–C) groups is 1. The summed E-state index contributed by atoms with van der Waals surface area (Å²) in [7, 11) is 1.76. The number of benzene rings is 1. The second-order valence-electron chi connectivity index (χ2n) is 8.85. The number of para-hydroxylation sites is 1. The van der Waals surface area contributed by atoms with Crippen molar-refractivity contribution in [1.29, 1.82) is 0 Å². The Kier molecular flexibility index (Phi) is 10.2. The van der Waals surface area contributed by atoms with Crippen LogP contribution in [-0.2, 0) is 12.0 Å². The van der Waals surface area contributed by atoms with Gasteiger partial charge in [0.15, 0.2) is 5.96 Å². The first-order valence-corrected chi connectivity index (χ1v) is 11.0. The van der Waals surface area contributed by atoms with Crippen LogP contribution in [0.25, 0.3) is 0 Å². The standard InChI is InChI=1S/C23H35FN6O.HI/c1-23(2,3)20-16-27-21(31-20)17-28-22(25-4)26-10-7-11-29-12-14-30(15-13-29)19-9-6-5-8-18(19)24;/h5-6,8-9,16H,7,10-15,17H2,1-4H3,(H2,25,26,28);1H. The molecule has 9 heteroatoms. The maximum Gasteiger partial charge on any atom is 0.213 e. The van der Waals surface area contributed by atoms with Crippen molar-refractivity contribution >= 4 is 35.6 Å². The minimum Gasteiger partial charge on any atom is -0.443 e. The molecule has 3 rings (SSSR count). The SMILES string of the molecule is CN=C(NCCCN1CCN(c2ccccc2F)CC1)NCc1ncc(C(C)(C)C)o1.I. The summed E-state index contributed by atoms with van der Waals surface area (Å²) < 4.78 is 19.8. The van der Waals surface area contributed by atoms with Gasteiger partial charge in [0.1, 0.15) is 11.6 Å². The summed E-state index contributed by atoms with van der Waals surface area (Å²) in [5.74, 6) is 2.13. The lowest BCUT2D eigenvalue weighted by Crippen LogP contribution is -2.47. The Hall–Kier alpha value is -1.88. The van der Waals surface area contributed by atoms with Gasteiger partial charge in [0.25, 0.3) is 0 Å². The molecule has 1 aliphatic rings. The van der Waals surface area contributed by atoms with Crippen molar-refractivity contribution in [3.05, 3.63) is 47.9 Å². The molecular weight excluding hydrogens is 522 g/mol. The van der Waals surface area contributed by atoms with Gasteiger partial charge in [0.2, 0.25) is 5.89 Å². The maximum absolute atomic E-state index is 14.0. The van der Waals surface area contributed by atoms with Crippen molar-refractivity contribution in [1.82, 2.24) is 20.5 Å². The van der Waals surface area contributed by atoms with Crippen molar-refractivity contribution in [2.24, 2.45) is 4.99 Å². The average molecular weight is 558 g/mol. The van der Waals surface area contributed by atoms with Crippen LogP contribution in [-0.4, -0.2) is 62.2 Å². The molecule has 0 amide bonds. The lowest BCUT2D eigenvalue weighted by Gasteiger charge is -2.36. The Balaban J connectivity index is 0.00000363. The number of oxazole rings is 1. The van der Waals surface area contributed by atoms with Gasteiger partial charge in [-0.3, -0.25) is 9.89 Å². The first-order valence-electron chi connectivity index (χ1n) is 11.0. The molecule has 1 aromatic carbocycles. The minimum atomic E-state index is -0.140. The highest BCUT2D eigenvalue weighted by Gasteiger charge is 2.20. The Bertz CT molecular complexity index is 858. The molecule has 2 aromatic rings. The smallest absolute Gasteiger partial charge is 0.213 e. The molecular formula is C23H36FIN6O. The fourth-order valence-corrected chi connectivity index (χ4v) is 3.55. The fourth-order valence-electron chi connectivity index (χ4n) is 3.55. The minimum absolute atomic E-state index is 0. The van der Waals surface area contributed by atoms with E-state index in [9.17, 15) is 4.39 Å². The van der Waals surface area contributed by atoms with Crippen molar-refractivity contribution < 1.29 is 8.81 Å². The molecule has 0 spiro atoms. The highest BCUT2D eigenvalue weighted by atomic mass is 127. The van der Waals surface area contributed by atoms with E-state index in [2.05, 4.69) is 51.2 Å². The van der Waals surface area contributed by atoms with E-state index in [1.165, 1.54) is 6.07 Å². The second kappa shape index (κ2) is 12.4. The van der Waals surface area contributed by atoms with Gasteiger partial charge in [-0.25, -0.2) is 9.37 Å². The van der Waals surface area contributed by atoms with Crippen LogP contribution in [0.15, 0.2) is 39.9 Å². The molecule has 0 atom stereocenters. The summed E-state index contributed by atoms with van der Waals surface area (Å²) in [5, 5.41) is 6.59. The summed E-state index contributed by atoms with van der Waals surface area (Å²) in [6, 6.07) is 7.01. The van der Waals surface area contributed by atoms with Crippen molar-refractivity contribution in [2.75, 3.05) is 51.2 Å². The predicted octanol–water partition coefficient (Wildman–Crippen LogP) is 3.61. The van der Waals surface area contributed by atoms with Gasteiger partial charge in [-0.15, -0.1) is 24.0 Å². The van der Waals surface area contributed by atoms with Crippen LogP contribution in [0.4, 0.5) is 10.1 Å². The zero-order valence-corrected chi connectivity index (χ0v) is 21.9. The van der Waals surface area contributed by atoms with Crippen LogP contribution >= 0.6 is 24.0 Å². The molecule has 178 valence electrons. The van der Waals surface area contributed by atoms with Gasteiger partial charge in [0, 0.05) is 45.2 Å². The molecule has 7 nitrogen and oxygen atoms in total. The zero-order chi connectivity index (χ0) is 22.3. The normalized spacial score (nSPS) is 15.4. The molecule has 2 N–H and O–H groups in total. The lowest BCUT2D eigenvalue weighted by atomic mass is 9.94. The third-order valence-corrected chi connectivity index (χ3v) is 5.43. The van der Waals surface area contributed by atoms with E-state index in [0.29, 0.717) is 18.1 Å². The predicted molar refractivity (Wildman–Crippen MR) is 138 cm³/mol. The number of anilines is 1. The van der Waals surface area contributed by atoms with Gasteiger partial charge in [-0.05, 0) is 25.1 Å². The number of piperazine rings is 1. The zero-order valence-electron chi connectivity index (χ0n) is 19.5. The average Bonchev–Trinajstić information content (AvgIpc) is 3.24. The van der Waals surface area contributed by atoms with Crippen LogP contribution in [0, 0.1) is 5.82 Å². The quantitative estimate of drug-likeness (QED) is 0.234. The summed E-state index contributed by atoms with van der Waals surface area (Å²) >= 11 is 0. The molecule has 1 saturated heterocycles. The van der Waals surface area contributed by atoms with Crippen molar-refractivity contribution in [3.63, 3.8) is 0 Å². The number of hydrogen-bond acceptors (Lipinski definition) is 5. The van der Waals surface area contributed by atoms with E-state index in [4.69, 9.17) is 4.42 Å². The van der Waals surface area contributed by atoms with Crippen molar-refractivity contribution in [3.8, 4) is 0 Å². The molecule has 0 aliphatic carbocycles. The molecule has 1 aliphatic heterocycles. The molecule has 32 heavy (non-hydrogen) atoms. The molecule has 2 heterocycles. The topological polar surface area (TPSA) is 68.9 Å². The van der Waals surface area contributed by atoms with E-state index in [-0.39, 0.29) is 35.2 Å². The Labute approximate surface area is 207 Å². The van der Waals surface area contributed by atoms with E-state index in [0.717, 1.165) is 57.4 Å². The summed E-state index contributed by atoms with van der Waals surface area (Å²) in [4.78, 5) is 13.2. The number of aromatic nitrogens is 1. The summed E-state index contributed by atoms with van der Waals surface area (Å²) in [5.41, 5.74) is 0.658. The van der Waals surface area contributed by atoms with Crippen LogP contribution in [0.2, 0.25) is 0 Å². The number of nitrogens with zero attached hydrogens (tertiary/aromatic N) is 4. The number of nitrogens with one attached hydrogen (secondary N) is 2. The molecule has 0 radical (unpaired) electrons. The van der Waals surface area contributed by atoms with Gasteiger partial charge in [-0.1, -0.05) is 32.9 Å². The van der Waals surface area contributed by atoms with Gasteiger partial charge in [0.05, 0.1) is 18.4 Å². The molecule has 0 saturated carbocycles. The van der Waals surface area contributed by atoms with Crippen LogP contribution < -0.4 is 15.5 Å². The number of halogens is 2. The monoisotopic (exact) mass is 558 g/mol. The van der Waals surface area contributed by atoms with Gasteiger partial charge in [-0.2, -0.15) is 0 Å². The molecule has 1 aromatic heterocycles.